The number of nitrogens with zero attached hydrogens (tertiary/aromatic N) is 1. The van der Waals surface area contributed by atoms with Crippen molar-refractivity contribution in [1.82, 2.24) is 4.98 Å². The van der Waals surface area contributed by atoms with E-state index in [9.17, 15) is 9.59 Å². The summed E-state index contributed by atoms with van der Waals surface area (Å²) < 4.78 is 0. The van der Waals surface area contributed by atoms with Crippen molar-refractivity contribution in [1.29, 1.82) is 0 Å². The molecule has 5 aromatic rings. The van der Waals surface area contributed by atoms with E-state index < -0.39 is 11.3 Å². The molecule has 5 heteroatoms. The third-order valence-electron chi connectivity index (χ3n) is 5.70. The molecular weight excluding hydrogens is 440 g/mol. The van der Waals surface area contributed by atoms with Gasteiger partial charge in [0.15, 0.2) is 6.29 Å². The molecule has 0 aliphatic rings. The SMILES string of the molecule is NC(=O)C(Cc1ccc(C=O)s1)(c1ccccc1)c1ccccc1.c1ccc2ncccc2c1. The van der Waals surface area contributed by atoms with Gasteiger partial charge in [0, 0.05) is 22.9 Å². The maximum atomic E-state index is 12.7. The van der Waals surface area contributed by atoms with Crippen LogP contribution in [0, 0.1) is 0 Å². The van der Waals surface area contributed by atoms with Gasteiger partial charge >= 0.3 is 0 Å². The lowest BCUT2D eigenvalue weighted by molar-refractivity contribution is -0.122. The molecule has 0 saturated heterocycles. The summed E-state index contributed by atoms with van der Waals surface area (Å²) in [6.07, 6.45) is 3.06. The van der Waals surface area contributed by atoms with E-state index in [2.05, 4.69) is 17.1 Å². The molecule has 0 spiro atoms. The number of benzene rings is 3. The molecular formula is C29H24N2O2S. The first-order chi connectivity index (χ1) is 16.6. The summed E-state index contributed by atoms with van der Waals surface area (Å²) in [5.74, 6) is -0.402. The van der Waals surface area contributed by atoms with Gasteiger partial charge in [-0.1, -0.05) is 84.9 Å². The monoisotopic (exact) mass is 464 g/mol. The molecule has 168 valence electrons. The number of pyridine rings is 1. The number of aldehydes is 1. The fraction of sp³-hybridized carbons (Fsp3) is 0.0690. The van der Waals surface area contributed by atoms with Crippen molar-refractivity contribution >= 4 is 34.4 Å². The number of fused-ring (bicyclic) bond motifs is 1. The predicted octanol–water partition coefficient (Wildman–Crippen LogP) is 5.81. The number of hydrogen-bond acceptors (Lipinski definition) is 4. The largest absolute Gasteiger partial charge is 0.369 e. The highest BCUT2D eigenvalue weighted by molar-refractivity contribution is 7.13. The number of primary amides is 1. The Morgan fingerprint density at radius 3 is 1.94 bits per heavy atom. The van der Waals surface area contributed by atoms with Crippen molar-refractivity contribution in [2.24, 2.45) is 5.73 Å². The summed E-state index contributed by atoms with van der Waals surface area (Å²) in [5, 5.41) is 1.20. The molecule has 2 aromatic heterocycles. The summed E-state index contributed by atoms with van der Waals surface area (Å²) in [7, 11) is 0. The van der Waals surface area contributed by atoms with Crippen LogP contribution in [0.15, 0.2) is 115 Å². The molecule has 3 aromatic carbocycles. The van der Waals surface area contributed by atoms with E-state index in [1.165, 1.54) is 16.7 Å². The zero-order valence-electron chi connectivity index (χ0n) is 18.5. The van der Waals surface area contributed by atoms with Gasteiger partial charge in [0.2, 0.25) is 5.91 Å². The quantitative estimate of drug-likeness (QED) is 0.322. The lowest BCUT2D eigenvalue weighted by Crippen LogP contribution is -2.44. The summed E-state index contributed by atoms with van der Waals surface area (Å²) in [6, 6.07) is 34.9. The van der Waals surface area contributed by atoms with Crippen LogP contribution in [-0.4, -0.2) is 17.2 Å². The topological polar surface area (TPSA) is 73.1 Å². The van der Waals surface area contributed by atoms with Gasteiger partial charge in [-0.25, -0.2) is 0 Å². The van der Waals surface area contributed by atoms with Crippen molar-refractivity contribution in [3.63, 3.8) is 0 Å². The number of carbonyl (C=O) groups excluding carboxylic acids is 2. The number of aromatic nitrogens is 1. The lowest BCUT2D eigenvalue weighted by atomic mass is 9.71. The molecule has 0 atom stereocenters. The number of rotatable bonds is 6. The average Bonchev–Trinajstić information content (AvgIpc) is 3.36. The fourth-order valence-corrected chi connectivity index (χ4v) is 4.93. The van der Waals surface area contributed by atoms with Gasteiger partial charge in [0.05, 0.1) is 10.4 Å². The Labute approximate surface area is 202 Å². The lowest BCUT2D eigenvalue weighted by Gasteiger charge is -2.31. The summed E-state index contributed by atoms with van der Waals surface area (Å²) >= 11 is 1.39. The minimum absolute atomic E-state index is 0.402. The van der Waals surface area contributed by atoms with Gasteiger partial charge < -0.3 is 5.73 Å². The smallest absolute Gasteiger partial charge is 0.232 e. The molecule has 1 amide bonds. The van der Waals surface area contributed by atoms with Gasteiger partial charge in [0.1, 0.15) is 5.41 Å². The standard InChI is InChI=1S/C20H17NO2S.C9H7N/c21-19(23)20(15-7-3-1-4-8-15,16-9-5-2-6-10-16)13-17-11-12-18(14-22)24-17;1-2-6-9-8(4-1)5-3-7-10-9/h1-12,14H,13H2,(H2,21,23);1-7H. The van der Waals surface area contributed by atoms with Crippen molar-refractivity contribution in [3.8, 4) is 0 Å². The first kappa shape index (κ1) is 23.1. The molecule has 2 N–H and O–H groups in total. The molecule has 4 nitrogen and oxygen atoms in total. The second-order valence-electron chi connectivity index (χ2n) is 7.80. The maximum absolute atomic E-state index is 12.7. The molecule has 0 aliphatic heterocycles. The second kappa shape index (κ2) is 10.7. The molecule has 5 rings (SSSR count). The molecule has 0 saturated carbocycles. The Bertz CT molecular complexity index is 1280. The Hall–Kier alpha value is -4.09. The van der Waals surface area contributed by atoms with Crippen LogP contribution in [0.5, 0.6) is 0 Å². The van der Waals surface area contributed by atoms with E-state index in [0.717, 1.165) is 27.8 Å². The zero-order chi connectivity index (χ0) is 23.8. The van der Waals surface area contributed by atoms with Crippen LogP contribution in [-0.2, 0) is 16.6 Å². The molecule has 0 radical (unpaired) electrons. The number of carbonyl (C=O) groups is 2. The molecule has 0 bridgehead atoms. The van der Waals surface area contributed by atoms with E-state index in [1.54, 1.807) is 6.07 Å². The highest BCUT2D eigenvalue weighted by Gasteiger charge is 2.40. The number of para-hydroxylation sites is 1. The molecule has 0 unspecified atom stereocenters. The predicted molar refractivity (Wildman–Crippen MR) is 138 cm³/mol. The Balaban J connectivity index is 0.000000226. The highest BCUT2D eigenvalue weighted by atomic mass is 32.1. The van der Waals surface area contributed by atoms with Crippen LogP contribution in [0.1, 0.15) is 25.7 Å². The van der Waals surface area contributed by atoms with E-state index in [0.29, 0.717) is 11.3 Å². The second-order valence-corrected chi connectivity index (χ2v) is 9.00. The van der Waals surface area contributed by atoms with E-state index in [4.69, 9.17) is 5.73 Å². The number of hydrogen-bond donors (Lipinski definition) is 1. The minimum Gasteiger partial charge on any atom is -0.369 e. The van der Waals surface area contributed by atoms with E-state index >= 15 is 0 Å². The summed E-state index contributed by atoms with van der Waals surface area (Å²) in [4.78, 5) is 29.4. The normalized spacial score (nSPS) is 10.8. The Morgan fingerprint density at radius 1 is 0.794 bits per heavy atom. The maximum Gasteiger partial charge on any atom is 0.232 e. The molecule has 2 heterocycles. The highest BCUT2D eigenvalue weighted by Crippen LogP contribution is 2.37. The Kier molecular flexibility index (Phi) is 7.25. The fourth-order valence-electron chi connectivity index (χ4n) is 4.02. The van der Waals surface area contributed by atoms with Gasteiger partial charge in [-0.2, -0.15) is 0 Å². The molecule has 34 heavy (non-hydrogen) atoms. The minimum atomic E-state index is -0.965. The van der Waals surface area contributed by atoms with E-state index in [1.807, 2.05) is 97.2 Å². The zero-order valence-corrected chi connectivity index (χ0v) is 19.3. The van der Waals surface area contributed by atoms with Crippen molar-refractivity contribution in [3.05, 3.63) is 136 Å². The molecule has 0 aliphatic carbocycles. The summed E-state index contributed by atoms with van der Waals surface area (Å²) in [5.41, 5.74) is 7.72. The third-order valence-corrected chi connectivity index (χ3v) is 6.71. The van der Waals surface area contributed by atoms with Gasteiger partial charge in [-0.3, -0.25) is 14.6 Å². The Morgan fingerprint density at radius 2 is 1.38 bits per heavy atom. The van der Waals surface area contributed by atoms with Crippen molar-refractivity contribution < 1.29 is 9.59 Å². The number of nitrogens with two attached hydrogens (primary N) is 1. The van der Waals surface area contributed by atoms with Crippen LogP contribution in [0.3, 0.4) is 0 Å². The van der Waals surface area contributed by atoms with Crippen LogP contribution in [0.2, 0.25) is 0 Å². The first-order valence-corrected chi connectivity index (χ1v) is 11.7. The average molecular weight is 465 g/mol. The van der Waals surface area contributed by atoms with Gasteiger partial charge in [0.25, 0.3) is 0 Å². The summed E-state index contributed by atoms with van der Waals surface area (Å²) in [6.45, 7) is 0. The van der Waals surface area contributed by atoms with Crippen LogP contribution in [0.25, 0.3) is 10.9 Å². The van der Waals surface area contributed by atoms with Crippen LogP contribution in [0.4, 0.5) is 0 Å². The van der Waals surface area contributed by atoms with Crippen molar-refractivity contribution in [2.75, 3.05) is 0 Å². The van der Waals surface area contributed by atoms with Crippen LogP contribution >= 0.6 is 11.3 Å². The van der Waals surface area contributed by atoms with Gasteiger partial charge in [-0.05, 0) is 35.4 Å². The first-order valence-electron chi connectivity index (χ1n) is 10.9. The molecule has 0 fully saturated rings. The number of thiophene rings is 1. The van der Waals surface area contributed by atoms with Crippen LogP contribution < -0.4 is 5.73 Å². The van der Waals surface area contributed by atoms with Crippen molar-refractivity contribution in [2.45, 2.75) is 11.8 Å². The third kappa shape index (κ3) is 4.95. The number of amides is 1. The van der Waals surface area contributed by atoms with E-state index in [-0.39, 0.29) is 0 Å². The van der Waals surface area contributed by atoms with Gasteiger partial charge in [-0.15, -0.1) is 11.3 Å².